The molecule has 1 fully saturated rings. The number of carbonyl (C=O) groups excluding carboxylic acids is 1. The Hall–Kier alpha value is -2.48. The number of nitrogens with one attached hydrogen (secondary N) is 1. The van der Waals surface area contributed by atoms with E-state index in [1.807, 2.05) is 85.8 Å². The molecule has 0 saturated carbocycles. The summed E-state index contributed by atoms with van der Waals surface area (Å²) in [5.74, 6) is -0.268. The number of nitrogens with zero attached hydrogens (tertiary/aromatic N) is 1. The summed E-state index contributed by atoms with van der Waals surface area (Å²) in [6.07, 6.45) is 1.03. The third-order valence-electron chi connectivity index (χ3n) is 6.31. The van der Waals surface area contributed by atoms with Crippen LogP contribution in [0.15, 0.2) is 83.3 Å². The van der Waals surface area contributed by atoms with Crippen LogP contribution < -0.4 is 5.32 Å². The lowest BCUT2D eigenvalue weighted by Gasteiger charge is -2.31. The SMILES string of the molecule is Cc1ccc([C@@H](NC(=O)C2CCN(S(=O)(=O)Cc3ccc(Br)cc3)CC2)c2ccccc2)cc1. The quantitative estimate of drug-likeness (QED) is 0.447. The molecule has 7 heteroatoms. The fourth-order valence-electron chi connectivity index (χ4n) is 4.30. The van der Waals surface area contributed by atoms with Crippen molar-refractivity contribution >= 4 is 31.9 Å². The highest BCUT2D eigenvalue weighted by atomic mass is 79.9. The van der Waals surface area contributed by atoms with Crippen molar-refractivity contribution in [2.45, 2.75) is 31.6 Å². The summed E-state index contributed by atoms with van der Waals surface area (Å²) in [6.45, 7) is 2.76. The highest BCUT2D eigenvalue weighted by Crippen LogP contribution is 2.26. The molecule has 3 aromatic carbocycles. The van der Waals surface area contributed by atoms with Gasteiger partial charge in [-0.3, -0.25) is 4.79 Å². The minimum atomic E-state index is -3.43. The summed E-state index contributed by atoms with van der Waals surface area (Å²) in [5.41, 5.74) is 3.97. The van der Waals surface area contributed by atoms with Crippen LogP contribution in [-0.4, -0.2) is 31.7 Å². The summed E-state index contributed by atoms with van der Waals surface area (Å²) < 4.78 is 28.2. The predicted octanol–water partition coefficient (Wildman–Crippen LogP) is 5.21. The van der Waals surface area contributed by atoms with E-state index in [0.717, 1.165) is 21.2 Å². The first-order valence-electron chi connectivity index (χ1n) is 11.5. The first-order chi connectivity index (χ1) is 16.3. The van der Waals surface area contributed by atoms with E-state index in [0.29, 0.717) is 25.9 Å². The molecule has 0 aliphatic carbocycles. The maximum absolute atomic E-state index is 13.2. The van der Waals surface area contributed by atoms with E-state index >= 15 is 0 Å². The smallest absolute Gasteiger partial charge is 0.223 e. The number of piperidine rings is 1. The second-order valence-electron chi connectivity index (χ2n) is 8.82. The van der Waals surface area contributed by atoms with E-state index in [-0.39, 0.29) is 23.6 Å². The average molecular weight is 542 g/mol. The molecule has 1 N–H and O–H groups in total. The molecule has 1 amide bonds. The van der Waals surface area contributed by atoms with Crippen LogP contribution in [-0.2, 0) is 20.6 Å². The molecular formula is C27H29BrN2O3S. The molecule has 1 atom stereocenters. The number of sulfonamides is 1. The van der Waals surface area contributed by atoms with Gasteiger partial charge in [-0.1, -0.05) is 88.2 Å². The van der Waals surface area contributed by atoms with Gasteiger partial charge in [0.15, 0.2) is 0 Å². The molecule has 1 aliphatic rings. The maximum Gasteiger partial charge on any atom is 0.223 e. The molecular weight excluding hydrogens is 512 g/mol. The monoisotopic (exact) mass is 540 g/mol. The Labute approximate surface area is 210 Å². The van der Waals surface area contributed by atoms with Crippen molar-refractivity contribution < 1.29 is 13.2 Å². The molecule has 4 rings (SSSR count). The topological polar surface area (TPSA) is 66.5 Å². The number of aryl methyl sites for hydroxylation is 1. The Morgan fingerprint density at radius 2 is 1.53 bits per heavy atom. The summed E-state index contributed by atoms with van der Waals surface area (Å²) in [4.78, 5) is 13.2. The van der Waals surface area contributed by atoms with Crippen molar-refractivity contribution in [3.8, 4) is 0 Å². The fraction of sp³-hybridized carbons (Fsp3) is 0.296. The van der Waals surface area contributed by atoms with Crippen molar-refractivity contribution in [3.63, 3.8) is 0 Å². The van der Waals surface area contributed by atoms with Gasteiger partial charge in [0.05, 0.1) is 11.8 Å². The highest BCUT2D eigenvalue weighted by Gasteiger charge is 2.32. The van der Waals surface area contributed by atoms with Crippen LogP contribution in [0.5, 0.6) is 0 Å². The molecule has 0 unspecified atom stereocenters. The lowest BCUT2D eigenvalue weighted by molar-refractivity contribution is -0.126. The lowest BCUT2D eigenvalue weighted by atomic mass is 9.94. The number of benzene rings is 3. The zero-order valence-electron chi connectivity index (χ0n) is 19.2. The van der Waals surface area contributed by atoms with Crippen molar-refractivity contribution in [2.75, 3.05) is 13.1 Å². The largest absolute Gasteiger partial charge is 0.345 e. The molecule has 1 saturated heterocycles. The van der Waals surface area contributed by atoms with Gasteiger partial charge in [-0.15, -0.1) is 0 Å². The molecule has 34 heavy (non-hydrogen) atoms. The van der Waals surface area contributed by atoms with Gasteiger partial charge >= 0.3 is 0 Å². The number of rotatable bonds is 7. The third-order valence-corrected chi connectivity index (χ3v) is 8.69. The first kappa shape index (κ1) is 24.6. The van der Waals surface area contributed by atoms with Crippen molar-refractivity contribution in [3.05, 3.63) is 106 Å². The highest BCUT2D eigenvalue weighted by molar-refractivity contribution is 9.10. The summed E-state index contributed by atoms with van der Waals surface area (Å²) in [5, 5.41) is 3.23. The van der Waals surface area contributed by atoms with Gasteiger partial charge in [-0.05, 0) is 48.6 Å². The van der Waals surface area contributed by atoms with Crippen LogP contribution in [0, 0.1) is 12.8 Å². The average Bonchev–Trinajstić information content (AvgIpc) is 2.85. The zero-order chi connectivity index (χ0) is 24.1. The van der Waals surface area contributed by atoms with Crippen LogP contribution in [0.2, 0.25) is 0 Å². The minimum Gasteiger partial charge on any atom is -0.345 e. The number of hydrogen-bond acceptors (Lipinski definition) is 3. The van der Waals surface area contributed by atoms with Gasteiger partial charge in [0.1, 0.15) is 0 Å². The molecule has 0 spiro atoms. The maximum atomic E-state index is 13.2. The molecule has 5 nitrogen and oxygen atoms in total. The Balaban J connectivity index is 1.40. The fourth-order valence-corrected chi connectivity index (χ4v) is 6.13. The molecule has 0 aromatic heterocycles. The molecule has 1 heterocycles. The van der Waals surface area contributed by atoms with E-state index in [1.54, 1.807) is 0 Å². The van der Waals surface area contributed by atoms with Gasteiger partial charge < -0.3 is 5.32 Å². The van der Waals surface area contributed by atoms with Crippen molar-refractivity contribution in [1.82, 2.24) is 9.62 Å². The van der Waals surface area contributed by atoms with E-state index in [9.17, 15) is 13.2 Å². The van der Waals surface area contributed by atoms with E-state index in [2.05, 4.69) is 21.2 Å². The number of amides is 1. The van der Waals surface area contributed by atoms with Gasteiger partial charge in [-0.2, -0.15) is 0 Å². The summed E-state index contributed by atoms with van der Waals surface area (Å²) in [6, 6.07) is 25.2. The Morgan fingerprint density at radius 3 is 2.15 bits per heavy atom. The van der Waals surface area contributed by atoms with Crippen LogP contribution >= 0.6 is 15.9 Å². The van der Waals surface area contributed by atoms with E-state index < -0.39 is 10.0 Å². The lowest BCUT2D eigenvalue weighted by Crippen LogP contribution is -2.44. The second kappa shape index (κ2) is 10.8. The Morgan fingerprint density at radius 1 is 0.941 bits per heavy atom. The zero-order valence-corrected chi connectivity index (χ0v) is 21.6. The third kappa shape index (κ3) is 6.14. The van der Waals surface area contributed by atoms with Crippen LogP contribution in [0.25, 0.3) is 0 Å². The number of carbonyl (C=O) groups is 1. The van der Waals surface area contributed by atoms with Crippen molar-refractivity contribution in [1.29, 1.82) is 0 Å². The second-order valence-corrected chi connectivity index (χ2v) is 11.7. The van der Waals surface area contributed by atoms with Crippen LogP contribution in [0.4, 0.5) is 0 Å². The van der Waals surface area contributed by atoms with E-state index in [4.69, 9.17) is 0 Å². The molecule has 3 aromatic rings. The number of hydrogen-bond donors (Lipinski definition) is 1. The van der Waals surface area contributed by atoms with Crippen LogP contribution in [0.3, 0.4) is 0 Å². The standard InChI is InChI=1S/C27H29BrN2O3S/c1-20-7-11-23(12-8-20)26(22-5-3-2-4-6-22)29-27(31)24-15-17-30(18-16-24)34(32,33)19-21-9-13-25(28)14-10-21/h2-14,24,26H,15-19H2,1H3,(H,29,31)/t26-/m0/s1. The summed E-state index contributed by atoms with van der Waals surface area (Å²) >= 11 is 3.37. The molecule has 178 valence electrons. The molecule has 1 aliphatic heterocycles. The first-order valence-corrected chi connectivity index (χ1v) is 13.9. The van der Waals surface area contributed by atoms with Crippen molar-refractivity contribution in [2.24, 2.45) is 5.92 Å². The van der Waals surface area contributed by atoms with Crippen LogP contribution in [0.1, 0.15) is 41.1 Å². The normalized spacial score (nSPS) is 16.2. The van der Waals surface area contributed by atoms with Gasteiger partial charge in [-0.25, -0.2) is 12.7 Å². The Kier molecular flexibility index (Phi) is 7.86. The summed E-state index contributed by atoms with van der Waals surface area (Å²) in [7, 11) is -3.43. The molecule has 0 bridgehead atoms. The van der Waals surface area contributed by atoms with E-state index in [1.165, 1.54) is 9.87 Å². The molecule has 0 radical (unpaired) electrons. The predicted molar refractivity (Wildman–Crippen MR) is 139 cm³/mol. The van der Waals surface area contributed by atoms with Gasteiger partial charge in [0.2, 0.25) is 15.9 Å². The minimum absolute atomic E-state index is 0.0271. The Bertz CT molecular complexity index is 1200. The van der Waals surface area contributed by atoms with Gasteiger partial charge in [0, 0.05) is 23.5 Å². The van der Waals surface area contributed by atoms with Gasteiger partial charge in [0.25, 0.3) is 0 Å². The number of halogens is 1.